The lowest BCUT2D eigenvalue weighted by Crippen LogP contribution is -2.25. The molecule has 1 atom stereocenters. The number of hydrazone groups is 1. The molecule has 1 heterocycles. The molecule has 0 saturated heterocycles. The van der Waals surface area contributed by atoms with Gasteiger partial charge in [0.05, 0.1) is 18.0 Å². The van der Waals surface area contributed by atoms with Crippen LogP contribution in [0.3, 0.4) is 0 Å². The van der Waals surface area contributed by atoms with E-state index in [2.05, 4.69) is 37.0 Å². The summed E-state index contributed by atoms with van der Waals surface area (Å²) in [6.45, 7) is 0. The van der Waals surface area contributed by atoms with Crippen LogP contribution in [-0.4, -0.2) is 24.8 Å². The zero-order valence-corrected chi connectivity index (χ0v) is 16.3. The fourth-order valence-electron chi connectivity index (χ4n) is 2.54. The van der Waals surface area contributed by atoms with E-state index in [4.69, 9.17) is 0 Å². The Bertz CT molecular complexity index is 847. The van der Waals surface area contributed by atoms with Crippen LogP contribution in [0, 0.1) is 0 Å². The van der Waals surface area contributed by atoms with E-state index in [1.165, 1.54) is 10.7 Å². The number of hydrogen-bond donors (Lipinski definition) is 0. The van der Waals surface area contributed by atoms with Gasteiger partial charge in [0.1, 0.15) is 0 Å². The lowest BCUT2D eigenvalue weighted by Gasteiger charge is -2.21. The highest BCUT2D eigenvalue weighted by Crippen LogP contribution is 2.35. The predicted octanol–water partition coefficient (Wildman–Crippen LogP) is 4.32. The van der Waals surface area contributed by atoms with E-state index < -0.39 is 10.0 Å². The van der Waals surface area contributed by atoms with Crippen LogP contribution in [0.4, 0.5) is 0 Å². The summed E-state index contributed by atoms with van der Waals surface area (Å²) in [5.41, 5.74) is 2.63. The van der Waals surface area contributed by atoms with E-state index in [9.17, 15) is 8.42 Å². The molecule has 7 heteroatoms. The average molecular weight is 458 g/mol. The van der Waals surface area contributed by atoms with Gasteiger partial charge in [0.15, 0.2) is 0 Å². The molecule has 0 spiro atoms. The molecule has 3 rings (SSSR count). The molecule has 0 N–H and O–H groups in total. The molecule has 2 aromatic carbocycles. The molecule has 0 amide bonds. The highest BCUT2D eigenvalue weighted by molar-refractivity contribution is 9.10. The normalized spacial score (nSPS) is 18.1. The van der Waals surface area contributed by atoms with Crippen molar-refractivity contribution in [2.75, 3.05) is 6.26 Å². The Labute approximate surface area is 152 Å². The summed E-state index contributed by atoms with van der Waals surface area (Å²) in [4.78, 5) is 0. The molecule has 0 radical (unpaired) electrons. The van der Waals surface area contributed by atoms with Gasteiger partial charge in [0.25, 0.3) is 0 Å². The maximum Gasteiger partial charge on any atom is 0.247 e. The lowest BCUT2D eigenvalue weighted by atomic mass is 9.99. The zero-order chi connectivity index (χ0) is 16.6. The van der Waals surface area contributed by atoms with Crippen LogP contribution < -0.4 is 0 Å². The first-order valence-corrected chi connectivity index (χ1v) is 10.4. The van der Waals surface area contributed by atoms with Gasteiger partial charge in [-0.15, -0.1) is 0 Å². The van der Waals surface area contributed by atoms with Gasteiger partial charge in [0.2, 0.25) is 10.0 Å². The summed E-state index contributed by atoms with van der Waals surface area (Å²) in [6, 6.07) is 15.1. The van der Waals surface area contributed by atoms with Crippen LogP contribution in [0.1, 0.15) is 23.6 Å². The first kappa shape index (κ1) is 16.7. The lowest BCUT2D eigenvalue weighted by molar-refractivity contribution is 0.375. The van der Waals surface area contributed by atoms with Crippen LogP contribution in [0.25, 0.3) is 0 Å². The molecule has 2 aromatic rings. The monoisotopic (exact) mass is 456 g/mol. The smallest absolute Gasteiger partial charge is 0.205 e. The fraction of sp³-hybridized carbons (Fsp3) is 0.188. The second-order valence-electron chi connectivity index (χ2n) is 5.36. The van der Waals surface area contributed by atoms with E-state index in [0.717, 1.165) is 25.8 Å². The Morgan fingerprint density at radius 3 is 2.04 bits per heavy atom. The number of halogens is 2. The van der Waals surface area contributed by atoms with Gasteiger partial charge in [-0.25, -0.2) is 8.42 Å². The minimum absolute atomic E-state index is 0.309. The van der Waals surface area contributed by atoms with Gasteiger partial charge in [-0.2, -0.15) is 9.52 Å². The summed E-state index contributed by atoms with van der Waals surface area (Å²) in [5.74, 6) is 0. The van der Waals surface area contributed by atoms with Gasteiger partial charge in [-0.05, 0) is 35.4 Å². The van der Waals surface area contributed by atoms with Crippen molar-refractivity contribution >= 4 is 47.6 Å². The number of benzene rings is 2. The molecule has 0 aliphatic carbocycles. The Hall–Kier alpha value is -1.18. The minimum Gasteiger partial charge on any atom is -0.205 e. The van der Waals surface area contributed by atoms with Gasteiger partial charge in [0, 0.05) is 15.4 Å². The molecule has 0 fully saturated rings. The minimum atomic E-state index is -3.43. The Morgan fingerprint density at radius 2 is 1.52 bits per heavy atom. The molecule has 0 bridgehead atoms. The SMILES string of the molecule is CS(=O)(=O)N1N=C(c2ccc(Br)cc2)C[C@H]1c1ccc(Br)cc1. The van der Waals surface area contributed by atoms with E-state index in [1.807, 2.05) is 48.5 Å². The predicted molar refractivity (Wildman–Crippen MR) is 98.9 cm³/mol. The van der Waals surface area contributed by atoms with E-state index in [1.54, 1.807) is 0 Å². The maximum atomic E-state index is 12.1. The second kappa shape index (κ2) is 6.37. The van der Waals surface area contributed by atoms with Gasteiger partial charge < -0.3 is 0 Å². The van der Waals surface area contributed by atoms with Crippen molar-refractivity contribution < 1.29 is 8.42 Å². The standard InChI is InChI=1S/C16H14Br2N2O2S/c1-23(21,22)20-16(12-4-8-14(18)9-5-12)10-15(19-20)11-2-6-13(17)7-3-11/h2-9,16H,10H2,1H3/t16-/m0/s1. The van der Waals surface area contributed by atoms with Crippen LogP contribution in [0.2, 0.25) is 0 Å². The number of nitrogens with zero attached hydrogens (tertiary/aromatic N) is 2. The van der Waals surface area contributed by atoms with Crippen LogP contribution >= 0.6 is 31.9 Å². The van der Waals surface area contributed by atoms with Crippen molar-refractivity contribution in [1.29, 1.82) is 0 Å². The number of hydrogen-bond acceptors (Lipinski definition) is 3. The third kappa shape index (κ3) is 3.67. The molecular formula is C16H14Br2N2O2S. The van der Waals surface area contributed by atoms with Crippen LogP contribution in [-0.2, 0) is 10.0 Å². The van der Waals surface area contributed by atoms with E-state index >= 15 is 0 Å². The summed E-state index contributed by atoms with van der Waals surface area (Å²) < 4.78 is 27.4. The molecule has 1 aliphatic rings. The van der Waals surface area contributed by atoms with Crippen molar-refractivity contribution in [1.82, 2.24) is 4.41 Å². The van der Waals surface area contributed by atoms with Crippen molar-refractivity contribution in [2.24, 2.45) is 5.10 Å². The molecule has 120 valence electrons. The van der Waals surface area contributed by atoms with Crippen molar-refractivity contribution in [3.8, 4) is 0 Å². The van der Waals surface area contributed by atoms with Gasteiger partial charge >= 0.3 is 0 Å². The molecule has 23 heavy (non-hydrogen) atoms. The zero-order valence-electron chi connectivity index (χ0n) is 12.3. The topological polar surface area (TPSA) is 49.7 Å². The number of rotatable bonds is 3. The molecule has 0 unspecified atom stereocenters. The third-order valence-corrected chi connectivity index (χ3v) is 5.72. The molecule has 0 saturated carbocycles. The third-order valence-electron chi connectivity index (χ3n) is 3.64. The highest BCUT2D eigenvalue weighted by Gasteiger charge is 2.34. The van der Waals surface area contributed by atoms with Crippen LogP contribution in [0.15, 0.2) is 62.6 Å². The Balaban J connectivity index is 1.99. The Morgan fingerprint density at radius 1 is 1.00 bits per heavy atom. The molecule has 1 aliphatic heterocycles. The molecular weight excluding hydrogens is 444 g/mol. The summed E-state index contributed by atoms with van der Waals surface area (Å²) >= 11 is 6.80. The quantitative estimate of drug-likeness (QED) is 0.688. The first-order chi connectivity index (χ1) is 10.8. The maximum absolute atomic E-state index is 12.1. The summed E-state index contributed by atoms with van der Waals surface area (Å²) in [5, 5.41) is 4.37. The first-order valence-electron chi connectivity index (χ1n) is 6.93. The van der Waals surface area contributed by atoms with Crippen molar-refractivity contribution in [3.05, 3.63) is 68.6 Å². The average Bonchev–Trinajstić information content (AvgIpc) is 2.94. The second-order valence-corrected chi connectivity index (χ2v) is 9.03. The fourth-order valence-corrected chi connectivity index (χ4v) is 3.98. The van der Waals surface area contributed by atoms with Gasteiger partial charge in [-0.3, -0.25) is 0 Å². The van der Waals surface area contributed by atoms with Crippen LogP contribution in [0.5, 0.6) is 0 Å². The van der Waals surface area contributed by atoms with Crippen molar-refractivity contribution in [2.45, 2.75) is 12.5 Å². The van der Waals surface area contributed by atoms with Gasteiger partial charge in [-0.1, -0.05) is 56.1 Å². The van der Waals surface area contributed by atoms with E-state index in [0.29, 0.717) is 6.42 Å². The summed E-state index contributed by atoms with van der Waals surface area (Å²) in [6.07, 6.45) is 1.74. The van der Waals surface area contributed by atoms with Crippen molar-refractivity contribution in [3.63, 3.8) is 0 Å². The van der Waals surface area contributed by atoms with E-state index in [-0.39, 0.29) is 6.04 Å². The molecule has 4 nitrogen and oxygen atoms in total. The molecule has 0 aromatic heterocycles. The highest BCUT2D eigenvalue weighted by atomic mass is 79.9. The summed E-state index contributed by atoms with van der Waals surface area (Å²) in [7, 11) is -3.43. The number of sulfonamides is 1. The Kier molecular flexibility index (Phi) is 4.62. The largest absolute Gasteiger partial charge is 0.247 e.